The van der Waals surface area contributed by atoms with Crippen LogP contribution in [0.15, 0.2) is 0 Å². The first-order chi connectivity index (χ1) is 15.6. The van der Waals surface area contributed by atoms with Gasteiger partial charge < -0.3 is 20.6 Å². The van der Waals surface area contributed by atoms with E-state index in [4.69, 9.17) is 0 Å². The highest BCUT2D eigenvalue weighted by Crippen LogP contribution is 2.68. The highest BCUT2D eigenvalue weighted by molar-refractivity contribution is 5.75. The highest BCUT2D eigenvalue weighted by atomic mass is 16.3. The van der Waals surface area contributed by atoms with Crippen molar-refractivity contribution in [1.29, 1.82) is 0 Å². The van der Waals surface area contributed by atoms with Crippen LogP contribution in [-0.2, 0) is 4.79 Å². The van der Waals surface area contributed by atoms with Gasteiger partial charge in [0.2, 0.25) is 5.91 Å². The first-order valence-corrected chi connectivity index (χ1v) is 13.9. The number of amides is 1. The summed E-state index contributed by atoms with van der Waals surface area (Å²) in [5, 5.41) is 36.3. The van der Waals surface area contributed by atoms with Crippen LogP contribution in [0.1, 0.15) is 98.3 Å². The quantitative estimate of drug-likeness (QED) is 0.424. The monoisotopic (exact) mass is 463 g/mol. The van der Waals surface area contributed by atoms with Crippen molar-refractivity contribution in [3.8, 4) is 0 Å². The van der Waals surface area contributed by atoms with Crippen LogP contribution in [0.25, 0.3) is 0 Å². The average molecular weight is 464 g/mol. The largest absolute Gasteiger partial charge is 0.393 e. The molecular formula is C28H49NO4. The number of carbonyl (C=O) groups is 1. The standard InChI is InChI=1S/C28H49NO4/c1-5-6-13-29-25(33)10-7-17(2)20-8-9-21-26-22(16-24(32)28(20,21)4)27(3)12-11-19(30)14-18(27)15-23(26)31/h17-24,26,30-32H,5-16H2,1-4H3,(H,29,33)/t17?,18?,19-,20?,21?,22?,23?,24+,26?,27+,28-/m1/s1. The van der Waals surface area contributed by atoms with E-state index < -0.39 is 0 Å². The summed E-state index contributed by atoms with van der Waals surface area (Å²) in [6.45, 7) is 9.85. The number of carbonyl (C=O) groups excluding carboxylic acids is 1. The number of hydrogen-bond donors (Lipinski definition) is 4. The van der Waals surface area contributed by atoms with E-state index in [9.17, 15) is 20.1 Å². The van der Waals surface area contributed by atoms with Crippen molar-refractivity contribution in [1.82, 2.24) is 5.32 Å². The van der Waals surface area contributed by atoms with E-state index in [2.05, 4.69) is 33.0 Å². The Morgan fingerprint density at radius 1 is 1.06 bits per heavy atom. The lowest BCUT2D eigenvalue weighted by atomic mass is 9.43. The molecule has 0 spiro atoms. The summed E-state index contributed by atoms with van der Waals surface area (Å²) in [6.07, 6.45) is 9.04. The zero-order valence-electron chi connectivity index (χ0n) is 21.4. The number of nitrogens with one attached hydrogen (secondary N) is 1. The molecule has 0 aromatic carbocycles. The molecule has 190 valence electrons. The fraction of sp³-hybridized carbons (Fsp3) is 0.964. The molecule has 0 aliphatic heterocycles. The van der Waals surface area contributed by atoms with E-state index in [1.165, 1.54) is 0 Å². The van der Waals surface area contributed by atoms with Gasteiger partial charge in [-0.3, -0.25) is 4.79 Å². The number of fused-ring (bicyclic) bond motifs is 5. The third-order valence-corrected chi connectivity index (χ3v) is 11.2. The van der Waals surface area contributed by atoms with Crippen LogP contribution in [0.4, 0.5) is 0 Å². The van der Waals surface area contributed by atoms with Crippen molar-refractivity contribution < 1.29 is 20.1 Å². The number of aliphatic hydroxyl groups is 3. The van der Waals surface area contributed by atoms with Crippen molar-refractivity contribution >= 4 is 5.91 Å². The Morgan fingerprint density at radius 3 is 2.55 bits per heavy atom. The molecule has 0 bridgehead atoms. The molecular weight excluding hydrogens is 414 g/mol. The zero-order valence-corrected chi connectivity index (χ0v) is 21.4. The van der Waals surface area contributed by atoms with Crippen LogP contribution in [0.5, 0.6) is 0 Å². The van der Waals surface area contributed by atoms with Crippen molar-refractivity contribution in [2.24, 2.45) is 46.3 Å². The molecule has 7 unspecified atom stereocenters. The fourth-order valence-corrected chi connectivity index (χ4v) is 9.18. The Hall–Kier alpha value is -0.650. The van der Waals surface area contributed by atoms with Gasteiger partial charge >= 0.3 is 0 Å². The smallest absolute Gasteiger partial charge is 0.220 e. The number of rotatable bonds is 7. The van der Waals surface area contributed by atoms with E-state index in [-0.39, 0.29) is 41.0 Å². The van der Waals surface area contributed by atoms with Gasteiger partial charge in [0.25, 0.3) is 0 Å². The van der Waals surface area contributed by atoms with Crippen LogP contribution in [-0.4, -0.2) is 46.1 Å². The van der Waals surface area contributed by atoms with Gasteiger partial charge in [0, 0.05) is 13.0 Å². The zero-order chi connectivity index (χ0) is 24.0. The number of unbranched alkanes of at least 4 members (excludes halogenated alkanes) is 1. The Morgan fingerprint density at radius 2 is 1.82 bits per heavy atom. The summed E-state index contributed by atoms with van der Waals surface area (Å²) in [4.78, 5) is 12.3. The maximum Gasteiger partial charge on any atom is 0.220 e. The third kappa shape index (κ3) is 4.40. The molecule has 1 amide bonds. The molecule has 0 saturated heterocycles. The predicted octanol–water partition coefficient (Wildman–Crippen LogP) is 4.28. The van der Waals surface area contributed by atoms with Gasteiger partial charge in [-0.05, 0) is 104 Å². The van der Waals surface area contributed by atoms with Gasteiger partial charge in [-0.1, -0.05) is 34.1 Å². The maximum atomic E-state index is 12.3. The SMILES string of the molecule is CCCCNC(=O)CCC(C)C1CCC2C3C(O)CC4C[C@H](O)CC[C@]4(C)C3C[C@H](O)[C@]12C. The fourth-order valence-electron chi connectivity index (χ4n) is 9.18. The molecule has 0 aromatic rings. The van der Waals surface area contributed by atoms with Crippen molar-refractivity contribution in [2.75, 3.05) is 6.54 Å². The Labute approximate surface area is 201 Å². The molecule has 5 heteroatoms. The lowest BCUT2D eigenvalue weighted by molar-refractivity contribution is -0.207. The number of aliphatic hydroxyl groups excluding tert-OH is 3. The lowest BCUT2D eigenvalue weighted by Gasteiger charge is -2.63. The maximum absolute atomic E-state index is 12.3. The van der Waals surface area contributed by atoms with Crippen molar-refractivity contribution in [3.05, 3.63) is 0 Å². The Kier molecular flexibility index (Phi) is 7.54. The molecule has 4 aliphatic carbocycles. The molecule has 33 heavy (non-hydrogen) atoms. The molecule has 0 aromatic heterocycles. The van der Waals surface area contributed by atoms with Gasteiger partial charge in [-0.25, -0.2) is 0 Å². The lowest BCUT2D eigenvalue weighted by Crippen LogP contribution is -2.62. The summed E-state index contributed by atoms with van der Waals surface area (Å²) >= 11 is 0. The van der Waals surface area contributed by atoms with Gasteiger partial charge in [-0.15, -0.1) is 0 Å². The van der Waals surface area contributed by atoms with E-state index in [1.807, 2.05) is 0 Å². The Balaban J connectivity index is 1.47. The second-order valence-electron chi connectivity index (χ2n) is 12.7. The molecule has 4 saturated carbocycles. The summed E-state index contributed by atoms with van der Waals surface area (Å²) in [5.41, 5.74) is -0.0661. The van der Waals surface area contributed by atoms with Crippen LogP contribution < -0.4 is 5.32 Å². The van der Waals surface area contributed by atoms with E-state index in [0.717, 1.165) is 70.8 Å². The van der Waals surface area contributed by atoms with Gasteiger partial charge in [0.1, 0.15) is 0 Å². The second kappa shape index (κ2) is 9.78. The normalized spacial score (nSPS) is 47.8. The van der Waals surface area contributed by atoms with Gasteiger partial charge in [0.05, 0.1) is 18.3 Å². The molecule has 4 N–H and O–H groups in total. The first-order valence-electron chi connectivity index (χ1n) is 13.9. The van der Waals surface area contributed by atoms with E-state index in [0.29, 0.717) is 36.0 Å². The van der Waals surface area contributed by atoms with Gasteiger partial charge in [0.15, 0.2) is 0 Å². The molecule has 4 aliphatic rings. The van der Waals surface area contributed by atoms with Crippen LogP contribution in [0.2, 0.25) is 0 Å². The van der Waals surface area contributed by atoms with Gasteiger partial charge in [-0.2, -0.15) is 0 Å². The van der Waals surface area contributed by atoms with Crippen LogP contribution in [0.3, 0.4) is 0 Å². The minimum absolute atomic E-state index is 0.117. The minimum Gasteiger partial charge on any atom is -0.393 e. The van der Waals surface area contributed by atoms with Crippen LogP contribution >= 0.6 is 0 Å². The predicted molar refractivity (Wildman–Crippen MR) is 130 cm³/mol. The molecule has 4 fully saturated rings. The highest BCUT2D eigenvalue weighted by Gasteiger charge is 2.65. The summed E-state index contributed by atoms with van der Waals surface area (Å²) < 4.78 is 0. The molecule has 0 radical (unpaired) electrons. The summed E-state index contributed by atoms with van der Waals surface area (Å²) in [6, 6.07) is 0. The molecule has 11 atom stereocenters. The molecule has 4 rings (SSSR count). The third-order valence-electron chi connectivity index (χ3n) is 11.2. The summed E-state index contributed by atoms with van der Waals surface area (Å²) in [5.74, 6) is 2.23. The topological polar surface area (TPSA) is 89.8 Å². The molecule has 5 nitrogen and oxygen atoms in total. The Bertz CT molecular complexity index is 699. The van der Waals surface area contributed by atoms with Crippen molar-refractivity contribution in [2.45, 2.75) is 117 Å². The van der Waals surface area contributed by atoms with Crippen molar-refractivity contribution in [3.63, 3.8) is 0 Å². The van der Waals surface area contributed by atoms with Crippen LogP contribution in [0, 0.1) is 46.3 Å². The first kappa shape index (κ1) is 25.4. The minimum atomic E-state index is -0.355. The van der Waals surface area contributed by atoms with E-state index >= 15 is 0 Å². The average Bonchev–Trinajstić information content (AvgIpc) is 3.13. The summed E-state index contributed by atoms with van der Waals surface area (Å²) in [7, 11) is 0. The number of hydrogen-bond acceptors (Lipinski definition) is 4. The second-order valence-corrected chi connectivity index (χ2v) is 12.7. The molecule has 0 heterocycles. The van der Waals surface area contributed by atoms with E-state index in [1.54, 1.807) is 0 Å².